The van der Waals surface area contributed by atoms with Crippen molar-refractivity contribution in [1.29, 1.82) is 0 Å². The van der Waals surface area contributed by atoms with Crippen LogP contribution in [0.2, 0.25) is 0 Å². The largest absolute Gasteiger partial charge is 0.496 e. The third kappa shape index (κ3) is 4.81. The van der Waals surface area contributed by atoms with Crippen LogP contribution in [0.3, 0.4) is 0 Å². The monoisotopic (exact) mass is 408 g/mol. The molecule has 3 aromatic rings. The zero-order valence-electron chi connectivity index (χ0n) is 17.3. The first kappa shape index (κ1) is 21.0. The summed E-state index contributed by atoms with van der Waals surface area (Å²) in [4.78, 5) is 12.4. The van der Waals surface area contributed by atoms with Crippen molar-refractivity contribution in [1.82, 2.24) is 5.43 Å². The topological polar surface area (TPSA) is 78.4 Å². The van der Waals surface area contributed by atoms with Crippen molar-refractivity contribution >= 4 is 22.9 Å². The molecule has 0 radical (unpaired) electrons. The standard InChI is InChI=1S/C23H24N2O5/c1-15(30-19-10-9-16-7-5-6-8-17(16)11-19)23(26)25-24-14-18-12-21(28-3)22(29-4)13-20(18)27-2/h5-15H,1-4H3,(H,25,26)/b24-14-/t15-/m0/s1. The van der Waals surface area contributed by atoms with Gasteiger partial charge in [-0.05, 0) is 35.9 Å². The lowest BCUT2D eigenvalue weighted by Crippen LogP contribution is -2.33. The molecular weight excluding hydrogens is 384 g/mol. The first-order valence-corrected chi connectivity index (χ1v) is 9.34. The Kier molecular flexibility index (Phi) is 6.75. The van der Waals surface area contributed by atoms with Gasteiger partial charge in [-0.2, -0.15) is 5.10 Å². The quantitative estimate of drug-likeness (QED) is 0.453. The number of hydrazone groups is 1. The van der Waals surface area contributed by atoms with Gasteiger partial charge in [0.25, 0.3) is 5.91 Å². The number of nitrogens with one attached hydrogen (secondary N) is 1. The highest BCUT2D eigenvalue weighted by molar-refractivity contribution is 5.88. The lowest BCUT2D eigenvalue weighted by atomic mass is 10.1. The van der Waals surface area contributed by atoms with Gasteiger partial charge in [-0.15, -0.1) is 0 Å². The smallest absolute Gasteiger partial charge is 0.280 e. The van der Waals surface area contributed by atoms with Gasteiger partial charge in [-0.3, -0.25) is 4.79 Å². The fourth-order valence-electron chi connectivity index (χ4n) is 2.91. The predicted molar refractivity (Wildman–Crippen MR) is 116 cm³/mol. The number of carbonyl (C=O) groups excluding carboxylic acids is 1. The molecule has 30 heavy (non-hydrogen) atoms. The molecule has 0 aromatic heterocycles. The molecule has 0 heterocycles. The maximum Gasteiger partial charge on any atom is 0.280 e. The van der Waals surface area contributed by atoms with Crippen molar-refractivity contribution in [3.63, 3.8) is 0 Å². The first-order valence-electron chi connectivity index (χ1n) is 9.34. The molecule has 0 saturated heterocycles. The molecule has 1 N–H and O–H groups in total. The second-order valence-electron chi connectivity index (χ2n) is 6.45. The molecule has 0 bridgehead atoms. The minimum absolute atomic E-state index is 0.376. The Labute approximate surface area is 175 Å². The Hall–Kier alpha value is -3.74. The van der Waals surface area contributed by atoms with Gasteiger partial charge >= 0.3 is 0 Å². The number of hydrogen-bond donors (Lipinski definition) is 1. The van der Waals surface area contributed by atoms with E-state index in [0.29, 0.717) is 28.6 Å². The number of fused-ring (bicyclic) bond motifs is 1. The summed E-state index contributed by atoms with van der Waals surface area (Å²) in [5.41, 5.74) is 3.11. The van der Waals surface area contributed by atoms with Crippen LogP contribution in [0.4, 0.5) is 0 Å². The Morgan fingerprint density at radius 3 is 2.27 bits per heavy atom. The molecule has 0 fully saturated rings. The molecule has 0 unspecified atom stereocenters. The van der Waals surface area contributed by atoms with Crippen molar-refractivity contribution in [3.8, 4) is 23.0 Å². The van der Waals surface area contributed by atoms with Crippen LogP contribution in [-0.4, -0.2) is 39.6 Å². The van der Waals surface area contributed by atoms with Gasteiger partial charge in [0.05, 0.1) is 27.5 Å². The summed E-state index contributed by atoms with van der Waals surface area (Å²) in [6, 6.07) is 17.0. The fraction of sp³-hybridized carbons (Fsp3) is 0.217. The number of nitrogens with zero attached hydrogens (tertiary/aromatic N) is 1. The molecule has 7 nitrogen and oxygen atoms in total. The number of ether oxygens (including phenoxy) is 4. The molecule has 0 spiro atoms. The average molecular weight is 408 g/mol. The van der Waals surface area contributed by atoms with Crippen LogP contribution in [0.1, 0.15) is 12.5 Å². The van der Waals surface area contributed by atoms with E-state index in [1.165, 1.54) is 13.3 Å². The van der Waals surface area contributed by atoms with Gasteiger partial charge in [0, 0.05) is 11.6 Å². The van der Waals surface area contributed by atoms with E-state index in [0.717, 1.165) is 10.8 Å². The number of carbonyl (C=O) groups is 1. The van der Waals surface area contributed by atoms with E-state index in [1.807, 2.05) is 42.5 Å². The molecule has 3 aromatic carbocycles. The maximum absolute atomic E-state index is 12.4. The third-order valence-corrected chi connectivity index (χ3v) is 4.52. The predicted octanol–water partition coefficient (Wildman–Crippen LogP) is 3.78. The highest BCUT2D eigenvalue weighted by Gasteiger charge is 2.15. The molecule has 1 amide bonds. The van der Waals surface area contributed by atoms with Crippen molar-refractivity contribution in [2.45, 2.75) is 13.0 Å². The number of benzene rings is 3. The first-order chi connectivity index (χ1) is 14.5. The van der Waals surface area contributed by atoms with Crippen molar-refractivity contribution in [3.05, 3.63) is 60.2 Å². The SMILES string of the molecule is COc1cc(OC)c(OC)cc1/C=N\NC(=O)[C@H](C)Oc1ccc2ccccc2c1. The second kappa shape index (κ2) is 9.65. The van der Waals surface area contributed by atoms with Crippen molar-refractivity contribution in [2.24, 2.45) is 5.10 Å². The van der Waals surface area contributed by atoms with Crippen molar-refractivity contribution < 1.29 is 23.7 Å². The number of hydrogen-bond acceptors (Lipinski definition) is 6. The Balaban J connectivity index is 1.66. The van der Waals surface area contributed by atoms with Crippen LogP contribution < -0.4 is 24.4 Å². The van der Waals surface area contributed by atoms with Crippen LogP contribution in [0.5, 0.6) is 23.0 Å². The highest BCUT2D eigenvalue weighted by atomic mass is 16.5. The van der Waals surface area contributed by atoms with Crippen LogP contribution >= 0.6 is 0 Å². The zero-order chi connectivity index (χ0) is 21.5. The second-order valence-corrected chi connectivity index (χ2v) is 6.45. The fourth-order valence-corrected chi connectivity index (χ4v) is 2.91. The van der Waals surface area contributed by atoms with Gasteiger partial charge in [0.15, 0.2) is 17.6 Å². The van der Waals surface area contributed by atoms with Crippen LogP contribution in [0.15, 0.2) is 59.7 Å². The van der Waals surface area contributed by atoms with Crippen LogP contribution in [0, 0.1) is 0 Å². The Morgan fingerprint density at radius 2 is 1.57 bits per heavy atom. The molecule has 0 aliphatic rings. The normalized spacial score (nSPS) is 11.9. The average Bonchev–Trinajstić information content (AvgIpc) is 2.78. The summed E-state index contributed by atoms with van der Waals surface area (Å²) in [5, 5.41) is 6.16. The number of amides is 1. The van der Waals surface area contributed by atoms with E-state index in [-0.39, 0.29) is 5.91 Å². The van der Waals surface area contributed by atoms with E-state index in [2.05, 4.69) is 10.5 Å². The summed E-state index contributed by atoms with van der Waals surface area (Å²) in [6.45, 7) is 1.66. The molecule has 0 aliphatic carbocycles. The van der Waals surface area contributed by atoms with Gasteiger partial charge in [0.2, 0.25) is 0 Å². The number of methoxy groups -OCH3 is 3. The van der Waals surface area contributed by atoms with Gasteiger partial charge in [-0.1, -0.05) is 30.3 Å². The van der Waals surface area contributed by atoms with Crippen LogP contribution in [-0.2, 0) is 4.79 Å². The maximum atomic E-state index is 12.4. The lowest BCUT2D eigenvalue weighted by molar-refractivity contribution is -0.127. The minimum atomic E-state index is -0.726. The molecular formula is C23H24N2O5. The Bertz CT molecular complexity index is 1060. The van der Waals surface area contributed by atoms with E-state index in [4.69, 9.17) is 18.9 Å². The highest BCUT2D eigenvalue weighted by Crippen LogP contribution is 2.33. The van der Waals surface area contributed by atoms with E-state index < -0.39 is 6.10 Å². The third-order valence-electron chi connectivity index (χ3n) is 4.52. The lowest BCUT2D eigenvalue weighted by Gasteiger charge is -2.14. The molecule has 156 valence electrons. The summed E-state index contributed by atoms with van der Waals surface area (Å²) >= 11 is 0. The molecule has 1 atom stereocenters. The van der Waals surface area contributed by atoms with E-state index in [1.54, 1.807) is 33.3 Å². The van der Waals surface area contributed by atoms with Gasteiger partial charge in [-0.25, -0.2) is 5.43 Å². The van der Waals surface area contributed by atoms with Gasteiger partial charge < -0.3 is 18.9 Å². The van der Waals surface area contributed by atoms with Gasteiger partial charge in [0.1, 0.15) is 11.5 Å². The van der Waals surface area contributed by atoms with E-state index >= 15 is 0 Å². The Morgan fingerprint density at radius 1 is 0.900 bits per heavy atom. The van der Waals surface area contributed by atoms with Crippen molar-refractivity contribution in [2.75, 3.05) is 21.3 Å². The zero-order valence-corrected chi connectivity index (χ0v) is 17.3. The minimum Gasteiger partial charge on any atom is -0.496 e. The summed E-state index contributed by atoms with van der Waals surface area (Å²) < 4.78 is 21.6. The molecule has 0 saturated carbocycles. The molecule has 0 aliphatic heterocycles. The van der Waals surface area contributed by atoms with Crippen LogP contribution in [0.25, 0.3) is 10.8 Å². The summed E-state index contributed by atoms with van der Waals surface area (Å²) in [5.74, 6) is 1.83. The molecule has 7 heteroatoms. The summed E-state index contributed by atoms with van der Waals surface area (Å²) in [7, 11) is 4.62. The van der Waals surface area contributed by atoms with E-state index in [9.17, 15) is 4.79 Å². The number of rotatable bonds is 8. The molecule has 3 rings (SSSR count). The summed E-state index contributed by atoms with van der Waals surface area (Å²) in [6.07, 6.45) is 0.747.